The number of aromatic nitrogens is 3. The van der Waals surface area contributed by atoms with Gasteiger partial charge in [-0.15, -0.1) is 10.2 Å². The SMILES string of the molecule is Cc1cc(N)c2nc1OC(Cc1ccc(F)cc1)CCCCC[C@@](C)(O)c1nnc-2o1. The minimum Gasteiger partial charge on any atom is -0.474 e. The molecular formula is C23H27FN4O3. The average Bonchev–Trinajstić information content (AvgIpc) is 3.21. The fraction of sp³-hybridized carbons (Fsp3) is 0.435. The summed E-state index contributed by atoms with van der Waals surface area (Å²) in [5.41, 5.74) is 7.45. The molecule has 3 N–H and O–H groups in total. The molecule has 1 aliphatic heterocycles. The highest BCUT2D eigenvalue weighted by molar-refractivity contribution is 5.67. The third-order valence-corrected chi connectivity index (χ3v) is 5.63. The van der Waals surface area contributed by atoms with E-state index in [2.05, 4.69) is 15.2 Å². The number of hydrogen-bond donors (Lipinski definition) is 2. The Balaban J connectivity index is 1.69. The van der Waals surface area contributed by atoms with Crippen molar-refractivity contribution in [2.24, 2.45) is 0 Å². The maximum absolute atomic E-state index is 13.3. The van der Waals surface area contributed by atoms with Gasteiger partial charge in [0.25, 0.3) is 5.89 Å². The summed E-state index contributed by atoms with van der Waals surface area (Å²) < 4.78 is 25.3. The monoisotopic (exact) mass is 426 g/mol. The van der Waals surface area contributed by atoms with Crippen molar-refractivity contribution in [2.45, 2.75) is 64.1 Å². The van der Waals surface area contributed by atoms with E-state index in [1.165, 1.54) is 12.1 Å². The van der Waals surface area contributed by atoms with Crippen LogP contribution in [0.5, 0.6) is 5.88 Å². The summed E-state index contributed by atoms with van der Waals surface area (Å²) in [5.74, 6) is 0.477. The molecule has 4 rings (SSSR count). The normalized spacial score (nSPS) is 21.9. The molecule has 164 valence electrons. The Morgan fingerprint density at radius 3 is 2.74 bits per heavy atom. The van der Waals surface area contributed by atoms with E-state index in [-0.39, 0.29) is 23.7 Å². The lowest BCUT2D eigenvalue weighted by Gasteiger charge is -2.22. The molecule has 0 fully saturated rings. The Bertz CT molecular complexity index is 1050. The molecule has 0 aliphatic carbocycles. The van der Waals surface area contributed by atoms with E-state index in [9.17, 15) is 9.50 Å². The van der Waals surface area contributed by atoms with E-state index >= 15 is 0 Å². The van der Waals surface area contributed by atoms with E-state index in [0.717, 1.165) is 36.8 Å². The van der Waals surface area contributed by atoms with Crippen LogP contribution in [-0.4, -0.2) is 26.4 Å². The van der Waals surface area contributed by atoms with Gasteiger partial charge in [0.1, 0.15) is 17.5 Å². The number of fused-ring (bicyclic) bond motifs is 5. The molecule has 4 bridgehead atoms. The highest BCUT2D eigenvalue weighted by Gasteiger charge is 2.31. The van der Waals surface area contributed by atoms with Gasteiger partial charge in [0.2, 0.25) is 11.8 Å². The van der Waals surface area contributed by atoms with Crippen LogP contribution in [0.4, 0.5) is 10.1 Å². The number of rotatable bonds is 2. The molecule has 8 heteroatoms. The van der Waals surface area contributed by atoms with Gasteiger partial charge in [-0.2, -0.15) is 0 Å². The molecule has 0 amide bonds. The van der Waals surface area contributed by atoms with E-state index in [1.807, 2.05) is 6.92 Å². The Morgan fingerprint density at radius 1 is 1.19 bits per heavy atom. The predicted octanol–water partition coefficient (Wildman–Crippen LogP) is 4.32. The fourth-order valence-electron chi connectivity index (χ4n) is 3.81. The van der Waals surface area contributed by atoms with Gasteiger partial charge in [0, 0.05) is 12.0 Å². The Morgan fingerprint density at radius 2 is 1.97 bits per heavy atom. The third kappa shape index (κ3) is 4.85. The minimum absolute atomic E-state index is 0.143. The van der Waals surface area contributed by atoms with Gasteiger partial charge in [-0.25, -0.2) is 9.37 Å². The number of aryl methyl sites for hydroxylation is 1. The standard InChI is InChI=1S/C23H27FN4O3/c1-14-12-18(25)19-21-27-28-22(31-21)23(2,29)11-5-3-4-6-17(30-20(14)26-19)13-15-7-9-16(24)10-8-15/h7-10,12,17,29H,3-6,11,13,25H2,1-2H3/t17?,23-/m1/s1. The Kier molecular flexibility index (Phi) is 5.91. The maximum atomic E-state index is 13.3. The summed E-state index contributed by atoms with van der Waals surface area (Å²) in [6.07, 6.45) is 4.42. The molecule has 2 atom stereocenters. The lowest BCUT2D eigenvalue weighted by molar-refractivity contribution is 0.0174. The van der Waals surface area contributed by atoms with Crippen LogP contribution < -0.4 is 10.5 Å². The Hall–Kier alpha value is -3.00. The summed E-state index contributed by atoms with van der Waals surface area (Å²) in [5, 5.41) is 18.9. The van der Waals surface area contributed by atoms with Crippen molar-refractivity contribution in [1.29, 1.82) is 0 Å². The van der Waals surface area contributed by atoms with Crippen molar-refractivity contribution in [3.05, 3.63) is 53.2 Å². The third-order valence-electron chi connectivity index (χ3n) is 5.63. The molecule has 1 aromatic carbocycles. The molecule has 3 aromatic rings. The molecular weight excluding hydrogens is 399 g/mol. The van der Waals surface area contributed by atoms with Crippen molar-refractivity contribution >= 4 is 5.69 Å². The highest BCUT2D eigenvalue weighted by atomic mass is 19.1. The van der Waals surface area contributed by atoms with Gasteiger partial charge in [-0.1, -0.05) is 25.0 Å². The van der Waals surface area contributed by atoms with Crippen molar-refractivity contribution in [2.75, 3.05) is 5.73 Å². The first-order valence-electron chi connectivity index (χ1n) is 10.6. The van der Waals surface area contributed by atoms with Crippen LogP contribution in [0.25, 0.3) is 11.6 Å². The first-order chi connectivity index (χ1) is 14.8. The van der Waals surface area contributed by atoms with Gasteiger partial charge in [0.15, 0.2) is 5.69 Å². The van der Waals surface area contributed by atoms with Crippen LogP contribution in [0.1, 0.15) is 56.0 Å². The molecule has 31 heavy (non-hydrogen) atoms. The van der Waals surface area contributed by atoms with Crippen LogP contribution >= 0.6 is 0 Å². The topological polar surface area (TPSA) is 107 Å². The number of nitrogens with zero attached hydrogens (tertiary/aromatic N) is 3. The number of nitrogen functional groups attached to an aromatic ring is 1. The number of benzene rings is 1. The maximum Gasteiger partial charge on any atom is 0.268 e. The van der Waals surface area contributed by atoms with Crippen molar-refractivity contribution in [1.82, 2.24) is 15.2 Å². The van der Waals surface area contributed by atoms with Crippen molar-refractivity contribution in [3.8, 4) is 17.5 Å². The quantitative estimate of drug-likeness (QED) is 0.628. The minimum atomic E-state index is -1.22. The second-order valence-corrected chi connectivity index (χ2v) is 8.40. The lowest BCUT2D eigenvalue weighted by atomic mass is 9.96. The largest absolute Gasteiger partial charge is 0.474 e. The van der Waals surface area contributed by atoms with Gasteiger partial charge in [0.05, 0.1) is 5.69 Å². The van der Waals surface area contributed by atoms with Gasteiger partial charge in [-0.3, -0.25) is 0 Å². The summed E-state index contributed by atoms with van der Waals surface area (Å²) in [7, 11) is 0. The summed E-state index contributed by atoms with van der Waals surface area (Å²) in [4.78, 5) is 4.57. The number of pyridine rings is 1. The molecule has 1 unspecified atom stereocenters. The molecule has 0 saturated carbocycles. The number of hydrogen-bond acceptors (Lipinski definition) is 7. The molecule has 2 aromatic heterocycles. The molecule has 0 radical (unpaired) electrons. The fourth-order valence-corrected chi connectivity index (χ4v) is 3.81. The van der Waals surface area contributed by atoms with Gasteiger partial charge >= 0.3 is 0 Å². The van der Waals surface area contributed by atoms with Crippen LogP contribution in [-0.2, 0) is 12.0 Å². The van der Waals surface area contributed by atoms with Crippen LogP contribution in [0.2, 0.25) is 0 Å². The predicted molar refractivity (Wildman–Crippen MR) is 114 cm³/mol. The molecule has 0 saturated heterocycles. The smallest absolute Gasteiger partial charge is 0.268 e. The highest BCUT2D eigenvalue weighted by Crippen LogP contribution is 2.33. The number of anilines is 1. The molecule has 7 nitrogen and oxygen atoms in total. The van der Waals surface area contributed by atoms with Crippen LogP contribution in [0, 0.1) is 12.7 Å². The first kappa shape index (κ1) is 21.2. The van der Waals surface area contributed by atoms with Gasteiger partial charge < -0.3 is 20.0 Å². The second-order valence-electron chi connectivity index (χ2n) is 8.40. The number of ether oxygens (including phenoxy) is 1. The van der Waals surface area contributed by atoms with Crippen LogP contribution in [0.3, 0.4) is 0 Å². The van der Waals surface area contributed by atoms with E-state index in [0.29, 0.717) is 30.1 Å². The average molecular weight is 426 g/mol. The summed E-state index contributed by atoms with van der Waals surface area (Å²) in [6, 6.07) is 8.23. The zero-order valence-corrected chi connectivity index (χ0v) is 17.8. The molecule has 3 heterocycles. The summed E-state index contributed by atoms with van der Waals surface area (Å²) in [6.45, 7) is 3.55. The number of aliphatic hydroxyl groups is 1. The second kappa shape index (κ2) is 8.63. The molecule has 1 aliphatic rings. The van der Waals surface area contributed by atoms with Crippen molar-refractivity contribution in [3.63, 3.8) is 0 Å². The van der Waals surface area contributed by atoms with Crippen molar-refractivity contribution < 1.29 is 18.7 Å². The van der Waals surface area contributed by atoms with Gasteiger partial charge in [-0.05, 0) is 56.9 Å². The lowest BCUT2D eigenvalue weighted by Crippen LogP contribution is -2.22. The number of halogens is 1. The summed E-state index contributed by atoms with van der Waals surface area (Å²) >= 11 is 0. The van der Waals surface area contributed by atoms with Crippen LogP contribution in [0.15, 0.2) is 34.7 Å². The number of nitrogens with two attached hydrogens (primary N) is 1. The Labute approximate surface area is 180 Å². The molecule has 0 spiro atoms. The van der Waals surface area contributed by atoms with E-state index < -0.39 is 5.60 Å². The van der Waals surface area contributed by atoms with E-state index in [1.54, 1.807) is 25.1 Å². The zero-order valence-electron chi connectivity index (χ0n) is 17.8. The zero-order chi connectivity index (χ0) is 22.0. The first-order valence-corrected chi connectivity index (χ1v) is 10.6. The van der Waals surface area contributed by atoms with E-state index in [4.69, 9.17) is 14.9 Å².